The third kappa shape index (κ3) is 5.11. The molecule has 1 aliphatic carbocycles. The van der Waals surface area contributed by atoms with Crippen molar-refractivity contribution in [2.45, 2.75) is 0 Å². The summed E-state index contributed by atoms with van der Waals surface area (Å²) in [6.07, 6.45) is 0. The molecular weight excluding hydrogens is 749 g/mol. The molecule has 1 aromatic heterocycles. The Morgan fingerprint density at radius 2 is 0.839 bits per heavy atom. The lowest BCUT2D eigenvalue weighted by Gasteiger charge is -2.26. The number of hydrogen-bond donors (Lipinski definition) is 0. The van der Waals surface area contributed by atoms with Crippen molar-refractivity contribution < 1.29 is 0 Å². The van der Waals surface area contributed by atoms with Crippen LogP contribution in [0.1, 0.15) is 0 Å². The van der Waals surface area contributed by atoms with E-state index in [2.05, 4.69) is 240 Å². The molecule has 0 atom stereocenters. The third-order valence-corrected chi connectivity index (χ3v) is 13.0. The molecule has 1 heterocycles. The van der Waals surface area contributed by atoms with Gasteiger partial charge in [0.1, 0.15) is 0 Å². The van der Waals surface area contributed by atoms with Gasteiger partial charge in [-0.25, -0.2) is 0 Å². The van der Waals surface area contributed by atoms with E-state index in [-0.39, 0.29) is 0 Å². The van der Waals surface area contributed by atoms with Crippen molar-refractivity contribution in [1.82, 2.24) is 4.57 Å². The molecular formula is C60H38N2. The van der Waals surface area contributed by atoms with Crippen molar-refractivity contribution in [3.05, 3.63) is 231 Å². The molecule has 0 unspecified atom stereocenters. The number of fused-ring (bicyclic) bond motifs is 9. The van der Waals surface area contributed by atoms with Crippen molar-refractivity contribution >= 4 is 71.2 Å². The number of benzene rings is 11. The average molecular weight is 787 g/mol. The number of hydrogen-bond acceptors (Lipinski definition) is 1. The Balaban J connectivity index is 1.17. The maximum Gasteiger partial charge on any atom is 0.0553 e. The molecule has 13 rings (SSSR count). The quantitative estimate of drug-likeness (QED) is 0.163. The fraction of sp³-hybridized carbons (Fsp3) is 0. The molecule has 0 N–H and O–H groups in total. The molecule has 11 aromatic carbocycles. The summed E-state index contributed by atoms with van der Waals surface area (Å²) < 4.78 is 2.49. The smallest absolute Gasteiger partial charge is 0.0553 e. The molecule has 0 aliphatic heterocycles. The lowest BCUT2D eigenvalue weighted by atomic mass is 9.82. The largest absolute Gasteiger partial charge is 0.310 e. The Morgan fingerprint density at radius 1 is 0.290 bits per heavy atom. The van der Waals surface area contributed by atoms with Crippen LogP contribution in [0.2, 0.25) is 0 Å². The second-order valence-corrected chi connectivity index (χ2v) is 16.4. The van der Waals surface area contributed by atoms with Gasteiger partial charge in [-0.3, -0.25) is 0 Å². The first-order valence-corrected chi connectivity index (χ1v) is 21.4. The second kappa shape index (κ2) is 13.7. The zero-order valence-electron chi connectivity index (χ0n) is 33.8. The molecule has 62 heavy (non-hydrogen) atoms. The average Bonchev–Trinajstić information content (AvgIpc) is 3.85. The van der Waals surface area contributed by atoms with E-state index >= 15 is 0 Å². The van der Waals surface area contributed by atoms with Gasteiger partial charge in [0.05, 0.1) is 11.0 Å². The maximum absolute atomic E-state index is 2.51. The van der Waals surface area contributed by atoms with Crippen molar-refractivity contribution in [3.63, 3.8) is 0 Å². The Morgan fingerprint density at radius 3 is 1.53 bits per heavy atom. The molecule has 0 fully saturated rings. The Hall–Kier alpha value is -8.20. The van der Waals surface area contributed by atoms with E-state index in [0.29, 0.717) is 0 Å². The van der Waals surface area contributed by atoms with Crippen molar-refractivity contribution in [1.29, 1.82) is 0 Å². The van der Waals surface area contributed by atoms with E-state index in [1.165, 1.54) is 98.6 Å². The number of aromatic nitrogens is 1. The van der Waals surface area contributed by atoms with Crippen LogP contribution in [0.4, 0.5) is 17.1 Å². The van der Waals surface area contributed by atoms with Crippen LogP contribution >= 0.6 is 0 Å². The fourth-order valence-electron chi connectivity index (χ4n) is 10.5. The Labute approximate surface area is 359 Å². The monoisotopic (exact) mass is 786 g/mol. The van der Waals surface area contributed by atoms with E-state index in [0.717, 1.165) is 22.7 Å². The summed E-state index contributed by atoms with van der Waals surface area (Å²) in [6.45, 7) is 0. The SMILES string of the molecule is c1ccc(-c2c3c(c(-c4ccccc4)c4ccccc24)-c2cc4c(c5cccc-3c25)c2cc(N(c3ccccc3)c3ccc5ccccc5c3)ccc2n4-c2ccccc2)cc1. The van der Waals surface area contributed by atoms with Gasteiger partial charge in [-0.2, -0.15) is 0 Å². The molecule has 0 radical (unpaired) electrons. The van der Waals surface area contributed by atoms with Gasteiger partial charge in [-0.1, -0.05) is 170 Å². The normalized spacial score (nSPS) is 11.9. The van der Waals surface area contributed by atoms with Gasteiger partial charge in [0.25, 0.3) is 0 Å². The molecule has 0 saturated heterocycles. The lowest BCUT2D eigenvalue weighted by molar-refractivity contribution is 1.18. The van der Waals surface area contributed by atoms with Crippen LogP contribution < -0.4 is 4.90 Å². The van der Waals surface area contributed by atoms with Gasteiger partial charge in [0.2, 0.25) is 0 Å². The second-order valence-electron chi connectivity index (χ2n) is 16.4. The molecule has 2 nitrogen and oxygen atoms in total. The van der Waals surface area contributed by atoms with Crippen LogP contribution in [-0.4, -0.2) is 4.57 Å². The molecule has 0 bridgehead atoms. The summed E-state index contributed by atoms with van der Waals surface area (Å²) in [5.41, 5.74) is 17.1. The third-order valence-electron chi connectivity index (χ3n) is 13.0. The number of anilines is 3. The van der Waals surface area contributed by atoms with E-state index < -0.39 is 0 Å². The van der Waals surface area contributed by atoms with E-state index in [1.807, 2.05) is 0 Å². The summed E-state index contributed by atoms with van der Waals surface area (Å²) in [4.78, 5) is 2.40. The lowest BCUT2D eigenvalue weighted by Crippen LogP contribution is -2.09. The molecule has 288 valence electrons. The van der Waals surface area contributed by atoms with Gasteiger partial charge < -0.3 is 9.47 Å². The molecule has 12 aromatic rings. The highest BCUT2D eigenvalue weighted by Crippen LogP contribution is 2.59. The first kappa shape index (κ1) is 34.6. The minimum absolute atomic E-state index is 1.11. The number of nitrogens with zero attached hydrogens (tertiary/aromatic N) is 2. The summed E-state index contributed by atoms with van der Waals surface area (Å²) in [6, 6.07) is 84.7. The molecule has 0 amide bonds. The van der Waals surface area contributed by atoms with Crippen LogP contribution in [0.15, 0.2) is 231 Å². The van der Waals surface area contributed by atoms with Crippen molar-refractivity contribution in [3.8, 4) is 50.2 Å². The van der Waals surface area contributed by atoms with Crippen LogP contribution in [-0.2, 0) is 0 Å². The predicted molar refractivity (Wildman–Crippen MR) is 263 cm³/mol. The zero-order chi connectivity index (χ0) is 40.7. The van der Waals surface area contributed by atoms with Crippen molar-refractivity contribution in [2.24, 2.45) is 0 Å². The highest BCUT2D eigenvalue weighted by molar-refractivity contribution is 6.34. The van der Waals surface area contributed by atoms with Crippen LogP contribution in [0.5, 0.6) is 0 Å². The fourth-order valence-corrected chi connectivity index (χ4v) is 10.5. The zero-order valence-corrected chi connectivity index (χ0v) is 33.8. The van der Waals surface area contributed by atoms with E-state index in [4.69, 9.17) is 0 Å². The van der Waals surface area contributed by atoms with Gasteiger partial charge in [0.15, 0.2) is 0 Å². The van der Waals surface area contributed by atoms with Crippen LogP contribution in [0.3, 0.4) is 0 Å². The van der Waals surface area contributed by atoms with E-state index in [1.54, 1.807) is 0 Å². The van der Waals surface area contributed by atoms with E-state index in [9.17, 15) is 0 Å². The maximum atomic E-state index is 2.51. The molecule has 1 aliphatic rings. The standard InChI is InChI=1S/C60H38N2/c1-5-19-40(20-6-1)55-47-28-15-16-29-48(47)56(41-21-7-2-8-22-41)60-52-38-54-58(49-30-17-31-50(57(49)52)59(55)60)51-37-46(34-35-53(51)62(54)44-26-11-4-12-27-44)61(43-24-9-3-10-25-43)45-33-32-39-18-13-14-23-42(39)36-45/h1-38H. The van der Waals surface area contributed by atoms with Crippen LogP contribution in [0.25, 0.3) is 104 Å². The van der Waals surface area contributed by atoms with Gasteiger partial charge >= 0.3 is 0 Å². The molecule has 2 heteroatoms. The first-order chi connectivity index (χ1) is 30.8. The van der Waals surface area contributed by atoms with Gasteiger partial charge in [0, 0.05) is 33.5 Å². The number of para-hydroxylation sites is 2. The molecule has 0 spiro atoms. The van der Waals surface area contributed by atoms with Gasteiger partial charge in [-0.15, -0.1) is 0 Å². The minimum Gasteiger partial charge on any atom is -0.310 e. The number of rotatable bonds is 6. The first-order valence-electron chi connectivity index (χ1n) is 21.4. The summed E-state index contributed by atoms with van der Waals surface area (Å²) >= 11 is 0. The topological polar surface area (TPSA) is 8.17 Å². The van der Waals surface area contributed by atoms with Gasteiger partial charge in [-0.05, 0) is 137 Å². The predicted octanol–water partition coefficient (Wildman–Crippen LogP) is 16.7. The minimum atomic E-state index is 1.11. The highest BCUT2D eigenvalue weighted by atomic mass is 15.1. The van der Waals surface area contributed by atoms with Crippen molar-refractivity contribution in [2.75, 3.05) is 4.90 Å². The summed E-state index contributed by atoms with van der Waals surface area (Å²) in [5, 5.41) is 10.0. The Bertz CT molecular complexity index is 3720. The highest BCUT2D eigenvalue weighted by Gasteiger charge is 2.32. The van der Waals surface area contributed by atoms with Crippen LogP contribution in [0, 0.1) is 0 Å². The summed E-state index contributed by atoms with van der Waals surface area (Å²) in [5.74, 6) is 0. The molecule has 0 saturated carbocycles. The Kier molecular flexibility index (Phi) is 7.64. The summed E-state index contributed by atoms with van der Waals surface area (Å²) in [7, 11) is 0.